The lowest BCUT2D eigenvalue weighted by molar-refractivity contribution is 0.0783. The number of benzene rings is 2. The van der Waals surface area contributed by atoms with Crippen molar-refractivity contribution in [2.24, 2.45) is 5.92 Å². The average Bonchev–Trinajstić information content (AvgIpc) is 3.11. The predicted octanol–water partition coefficient (Wildman–Crippen LogP) is 3.80. The first kappa shape index (κ1) is 17.3. The molecular formula is C21H25NO3. The quantitative estimate of drug-likeness (QED) is 0.803. The molecule has 2 aromatic carbocycles. The first-order valence-corrected chi connectivity index (χ1v) is 8.85. The van der Waals surface area contributed by atoms with Crippen molar-refractivity contribution in [3.63, 3.8) is 0 Å². The van der Waals surface area contributed by atoms with Crippen LogP contribution < -0.4 is 9.47 Å². The molecule has 0 spiro atoms. The number of rotatable bonds is 6. The Morgan fingerprint density at radius 1 is 1.16 bits per heavy atom. The van der Waals surface area contributed by atoms with E-state index in [-0.39, 0.29) is 5.91 Å². The van der Waals surface area contributed by atoms with Gasteiger partial charge in [-0.3, -0.25) is 4.79 Å². The van der Waals surface area contributed by atoms with E-state index in [2.05, 4.69) is 12.1 Å². The Labute approximate surface area is 149 Å². The summed E-state index contributed by atoms with van der Waals surface area (Å²) in [6.07, 6.45) is 2.02. The summed E-state index contributed by atoms with van der Waals surface area (Å²) in [5.74, 6) is 2.12. The number of para-hydroxylation sites is 1. The van der Waals surface area contributed by atoms with Crippen molar-refractivity contribution >= 4 is 5.91 Å². The van der Waals surface area contributed by atoms with Crippen molar-refractivity contribution in [2.75, 3.05) is 26.8 Å². The maximum absolute atomic E-state index is 12.9. The van der Waals surface area contributed by atoms with Gasteiger partial charge in [-0.05, 0) is 55.5 Å². The van der Waals surface area contributed by atoms with Gasteiger partial charge in [0, 0.05) is 13.1 Å². The van der Waals surface area contributed by atoms with E-state index in [0.717, 1.165) is 31.7 Å². The highest BCUT2D eigenvalue weighted by Crippen LogP contribution is 2.26. The molecule has 1 aliphatic heterocycles. The Bertz CT molecular complexity index is 711. The van der Waals surface area contributed by atoms with Crippen LogP contribution in [0.15, 0.2) is 48.5 Å². The van der Waals surface area contributed by atoms with Crippen LogP contribution in [0.5, 0.6) is 11.5 Å². The molecule has 0 aliphatic carbocycles. The van der Waals surface area contributed by atoms with Crippen LogP contribution in [0, 0.1) is 5.92 Å². The lowest BCUT2D eigenvalue weighted by Gasteiger charge is -2.18. The van der Waals surface area contributed by atoms with Crippen molar-refractivity contribution in [1.29, 1.82) is 0 Å². The SMILES string of the molecule is CCOc1ccccc1C(=O)N1CCC(Cc2ccc(OC)cc2)C1. The van der Waals surface area contributed by atoms with Gasteiger partial charge >= 0.3 is 0 Å². The van der Waals surface area contributed by atoms with E-state index >= 15 is 0 Å². The second kappa shape index (κ2) is 8.06. The van der Waals surface area contributed by atoms with Gasteiger partial charge in [-0.15, -0.1) is 0 Å². The van der Waals surface area contributed by atoms with Gasteiger partial charge in [-0.2, -0.15) is 0 Å². The van der Waals surface area contributed by atoms with Crippen LogP contribution in [0.3, 0.4) is 0 Å². The molecule has 4 heteroatoms. The van der Waals surface area contributed by atoms with E-state index in [1.54, 1.807) is 7.11 Å². The minimum Gasteiger partial charge on any atom is -0.497 e. The van der Waals surface area contributed by atoms with Crippen LogP contribution in [-0.4, -0.2) is 37.6 Å². The summed E-state index contributed by atoms with van der Waals surface area (Å²) in [6, 6.07) is 15.7. The van der Waals surface area contributed by atoms with Crippen molar-refractivity contribution in [2.45, 2.75) is 19.8 Å². The Morgan fingerprint density at radius 3 is 2.64 bits per heavy atom. The van der Waals surface area contributed by atoms with Gasteiger partial charge in [0.05, 0.1) is 19.3 Å². The van der Waals surface area contributed by atoms with Gasteiger partial charge in [0.15, 0.2) is 0 Å². The zero-order valence-electron chi connectivity index (χ0n) is 14.9. The van der Waals surface area contributed by atoms with Crippen LogP contribution >= 0.6 is 0 Å². The van der Waals surface area contributed by atoms with E-state index in [1.165, 1.54) is 5.56 Å². The molecule has 4 nitrogen and oxygen atoms in total. The van der Waals surface area contributed by atoms with Gasteiger partial charge in [-0.25, -0.2) is 0 Å². The summed E-state index contributed by atoms with van der Waals surface area (Å²) in [6.45, 7) is 4.10. The molecule has 1 amide bonds. The zero-order chi connectivity index (χ0) is 17.6. The molecule has 3 rings (SSSR count). The van der Waals surface area contributed by atoms with Crippen LogP contribution in [0.1, 0.15) is 29.3 Å². The average molecular weight is 339 g/mol. The predicted molar refractivity (Wildman–Crippen MR) is 98.3 cm³/mol. The summed E-state index contributed by atoms with van der Waals surface area (Å²) in [7, 11) is 1.68. The molecule has 0 N–H and O–H groups in total. The molecule has 1 unspecified atom stereocenters. The molecule has 1 heterocycles. The number of nitrogens with zero attached hydrogens (tertiary/aromatic N) is 1. The third-order valence-corrected chi connectivity index (χ3v) is 4.67. The van der Waals surface area contributed by atoms with E-state index in [4.69, 9.17) is 9.47 Å². The smallest absolute Gasteiger partial charge is 0.257 e. The van der Waals surface area contributed by atoms with Crippen LogP contribution in [0.2, 0.25) is 0 Å². The summed E-state index contributed by atoms with van der Waals surface area (Å²) >= 11 is 0. The molecule has 0 radical (unpaired) electrons. The van der Waals surface area contributed by atoms with Crippen molar-refractivity contribution < 1.29 is 14.3 Å². The lowest BCUT2D eigenvalue weighted by Crippen LogP contribution is -2.29. The Morgan fingerprint density at radius 2 is 1.92 bits per heavy atom. The summed E-state index contributed by atoms with van der Waals surface area (Å²) in [5.41, 5.74) is 1.95. The standard InChI is InChI=1S/C21H25NO3/c1-3-25-20-7-5-4-6-19(20)21(23)22-13-12-17(15-22)14-16-8-10-18(24-2)11-9-16/h4-11,17H,3,12-15H2,1-2H3. The fourth-order valence-corrected chi connectivity index (χ4v) is 3.37. The number of carbonyl (C=O) groups excluding carboxylic acids is 1. The monoisotopic (exact) mass is 339 g/mol. The number of hydrogen-bond donors (Lipinski definition) is 0. The molecule has 1 aliphatic rings. The summed E-state index contributed by atoms with van der Waals surface area (Å²) in [5, 5.41) is 0. The van der Waals surface area contributed by atoms with E-state index in [9.17, 15) is 4.79 Å². The molecular weight excluding hydrogens is 314 g/mol. The molecule has 2 aromatic rings. The van der Waals surface area contributed by atoms with Crippen molar-refractivity contribution in [1.82, 2.24) is 4.90 Å². The molecule has 1 fully saturated rings. The molecule has 1 saturated heterocycles. The number of amides is 1. The summed E-state index contributed by atoms with van der Waals surface area (Å²) in [4.78, 5) is 14.8. The number of hydrogen-bond acceptors (Lipinski definition) is 3. The van der Waals surface area contributed by atoms with E-state index in [1.807, 2.05) is 48.2 Å². The topological polar surface area (TPSA) is 38.8 Å². The van der Waals surface area contributed by atoms with E-state index < -0.39 is 0 Å². The highest BCUT2D eigenvalue weighted by atomic mass is 16.5. The third-order valence-electron chi connectivity index (χ3n) is 4.67. The van der Waals surface area contributed by atoms with Crippen molar-refractivity contribution in [3.8, 4) is 11.5 Å². The lowest BCUT2D eigenvalue weighted by atomic mass is 9.99. The first-order chi connectivity index (χ1) is 12.2. The van der Waals surface area contributed by atoms with Gasteiger partial charge in [0.2, 0.25) is 0 Å². The highest BCUT2D eigenvalue weighted by molar-refractivity contribution is 5.97. The minimum atomic E-state index is 0.0706. The first-order valence-electron chi connectivity index (χ1n) is 8.85. The third kappa shape index (κ3) is 4.13. The number of ether oxygens (including phenoxy) is 2. The van der Waals surface area contributed by atoms with Crippen LogP contribution in [0.4, 0.5) is 0 Å². The number of methoxy groups -OCH3 is 1. The van der Waals surface area contributed by atoms with E-state index in [0.29, 0.717) is 23.8 Å². The number of likely N-dealkylation sites (tertiary alicyclic amines) is 1. The molecule has 0 saturated carbocycles. The van der Waals surface area contributed by atoms with Gasteiger partial charge in [0.1, 0.15) is 11.5 Å². The molecule has 0 aromatic heterocycles. The minimum absolute atomic E-state index is 0.0706. The Balaban J connectivity index is 1.63. The van der Waals surface area contributed by atoms with Crippen LogP contribution in [-0.2, 0) is 6.42 Å². The summed E-state index contributed by atoms with van der Waals surface area (Å²) < 4.78 is 10.8. The largest absolute Gasteiger partial charge is 0.497 e. The second-order valence-electron chi connectivity index (χ2n) is 6.39. The maximum Gasteiger partial charge on any atom is 0.257 e. The normalized spacial score (nSPS) is 16.7. The van der Waals surface area contributed by atoms with Gasteiger partial charge in [-0.1, -0.05) is 24.3 Å². The molecule has 132 valence electrons. The fraction of sp³-hybridized carbons (Fsp3) is 0.381. The van der Waals surface area contributed by atoms with Gasteiger partial charge in [0.25, 0.3) is 5.91 Å². The fourth-order valence-electron chi connectivity index (χ4n) is 3.37. The van der Waals surface area contributed by atoms with Gasteiger partial charge < -0.3 is 14.4 Å². The zero-order valence-corrected chi connectivity index (χ0v) is 14.9. The van der Waals surface area contributed by atoms with Crippen molar-refractivity contribution in [3.05, 3.63) is 59.7 Å². The second-order valence-corrected chi connectivity index (χ2v) is 6.39. The maximum atomic E-state index is 12.9. The number of carbonyl (C=O) groups is 1. The molecule has 1 atom stereocenters. The Hall–Kier alpha value is -2.49. The highest BCUT2D eigenvalue weighted by Gasteiger charge is 2.28. The van der Waals surface area contributed by atoms with Crippen LogP contribution in [0.25, 0.3) is 0 Å². The molecule has 25 heavy (non-hydrogen) atoms. The molecule has 0 bridgehead atoms. The Kier molecular flexibility index (Phi) is 5.59.